The fraction of sp³-hybridized carbons (Fsp3) is 0.318. The molecule has 0 radical (unpaired) electrons. The van der Waals surface area contributed by atoms with Crippen molar-refractivity contribution in [3.63, 3.8) is 0 Å². The number of amides is 2. The molecule has 3 heterocycles. The Kier molecular flexibility index (Phi) is 3.87. The Morgan fingerprint density at radius 3 is 2.79 bits per heavy atom. The average Bonchev–Trinajstić information content (AvgIpc) is 3.10. The Balaban J connectivity index is 1.50. The largest absolute Gasteiger partial charge is 0.468 e. The van der Waals surface area contributed by atoms with Crippen LogP contribution in [-0.4, -0.2) is 38.5 Å². The highest BCUT2D eigenvalue weighted by Gasteiger charge is 2.55. The highest BCUT2D eigenvalue weighted by Crippen LogP contribution is 2.49. The van der Waals surface area contributed by atoms with Gasteiger partial charge in [0.15, 0.2) is 5.72 Å². The summed E-state index contributed by atoms with van der Waals surface area (Å²) in [5, 5.41) is 0. The van der Waals surface area contributed by atoms with Crippen molar-refractivity contribution in [3.8, 4) is 5.75 Å². The van der Waals surface area contributed by atoms with Crippen LogP contribution >= 0.6 is 0 Å². The van der Waals surface area contributed by atoms with Crippen LogP contribution in [0.3, 0.4) is 0 Å². The van der Waals surface area contributed by atoms with Crippen LogP contribution in [0.4, 0.5) is 0 Å². The minimum absolute atomic E-state index is 0.264. The van der Waals surface area contributed by atoms with Gasteiger partial charge in [-0.2, -0.15) is 0 Å². The zero-order chi connectivity index (χ0) is 20.2. The summed E-state index contributed by atoms with van der Waals surface area (Å²) in [4.78, 5) is 31.7. The summed E-state index contributed by atoms with van der Waals surface area (Å²) in [5.41, 5.74) is 7.64. The number of ether oxygens (including phenoxy) is 1. The van der Waals surface area contributed by atoms with Crippen LogP contribution < -0.4 is 10.5 Å². The first-order valence-electron chi connectivity index (χ1n) is 9.76. The van der Waals surface area contributed by atoms with Gasteiger partial charge >= 0.3 is 0 Å². The Morgan fingerprint density at radius 2 is 1.97 bits per heavy atom. The number of piperidine rings is 1. The number of para-hydroxylation sites is 3. The Morgan fingerprint density at radius 1 is 1.21 bits per heavy atom. The quantitative estimate of drug-likeness (QED) is 0.692. The third-order valence-corrected chi connectivity index (χ3v) is 6.15. The van der Waals surface area contributed by atoms with Crippen molar-refractivity contribution in [3.05, 3.63) is 60.4 Å². The van der Waals surface area contributed by atoms with E-state index in [9.17, 15) is 9.59 Å². The smallest absolute Gasteiger partial charge is 0.238 e. The molecule has 5 rings (SSSR count). The number of rotatable bonds is 4. The number of nitrogens with two attached hydrogens (primary N) is 1. The molecule has 2 aliphatic rings. The molecule has 0 saturated carbocycles. The fourth-order valence-electron chi connectivity index (χ4n) is 4.78. The van der Waals surface area contributed by atoms with Crippen LogP contribution in [0.25, 0.3) is 11.0 Å². The minimum Gasteiger partial charge on any atom is -0.468 e. The summed E-state index contributed by atoms with van der Waals surface area (Å²) in [6, 6.07) is 15.4. The molecule has 1 fully saturated rings. The van der Waals surface area contributed by atoms with Crippen LogP contribution in [0.2, 0.25) is 0 Å². The van der Waals surface area contributed by atoms with Gasteiger partial charge in [0.1, 0.15) is 11.7 Å². The third kappa shape index (κ3) is 2.68. The molecule has 148 valence electrons. The average molecular weight is 390 g/mol. The summed E-state index contributed by atoms with van der Waals surface area (Å²) in [5.74, 6) is -1.29. The molecule has 0 spiro atoms. The molecule has 2 aromatic carbocycles. The van der Waals surface area contributed by atoms with Crippen molar-refractivity contribution in [2.75, 3.05) is 6.54 Å². The number of hydrogen-bond donors (Lipinski definition) is 1. The summed E-state index contributed by atoms with van der Waals surface area (Å²) < 4.78 is 8.29. The van der Waals surface area contributed by atoms with E-state index < -0.39 is 17.6 Å². The van der Waals surface area contributed by atoms with Crippen LogP contribution in [0.15, 0.2) is 54.9 Å². The van der Waals surface area contributed by atoms with E-state index >= 15 is 0 Å². The van der Waals surface area contributed by atoms with Crippen molar-refractivity contribution in [1.29, 1.82) is 0 Å². The first-order valence-corrected chi connectivity index (χ1v) is 9.76. The Bertz CT molecular complexity index is 1120. The first kappa shape index (κ1) is 17.7. The molecule has 3 atom stereocenters. The van der Waals surface area contributed by atoms with E-state index in [1.165, 1.54) is 0 Å². The van der Waals surface area contributed by atoms with Gasteiger partial charge < -0.3 is 19.9 Å². The van der Waals surface area contributed by atoms with Crippen molar-refractivity contribution in [1.82, 2.24) is 14.5 Å². The molecule has 0 aliphatic carbocycles. The lowest BCUT2D eigenvalue weighted by molar-refractivity contribution is -0.175. The predicted molar refractivity (Wildman–Crippen MR) is 107 cm³/mol. The lowest BCUT2D eigenvalue weighted by Gasteiger charge is -2.52. The van der Waals surface area contributed by atoms with E-state index in [1.54, 1.807) is 11.2 Å². The molecule has 2 amide bonds. The maximum Gasteiger partial charge on any atom is 0.238 e. The molecular formula is C22H22N4O3. The van der Waals surface area contributed by atoms with Crippen molar-refractivity contribution in [2.45, 2.75) is 31.5 Å². The van der Waals surface area contributed by atoms with Gasteiger partial charge in [-0.15, -0.1) is 0 Å². The van der Waals surface area contributed by atoms with Crippen LogP contribution in [0.1, 0.15) is 24.8 Å². The molecule has 7 heteroatoms. The standard InChI is InChI=1S/C22H22N4O3/c1-22-12-15(14-6-2-5-9-18(14)29-22)19(20(23)27)21(28)26(22)11-10-25-13-24-16-7-3-4-8-17(16)25/h2-9,13,15,19H,10-12H2,1H3,(H2,23,27)/t15-,19+,22-/m0/s1. The molecule has 29 heavy (non-hydrogen) atoms. The third-order valence-electron chi connectivity index (χ3n) is 6.15. The zero-order valence-electron chi connectivity index (χ0n) is 16.1. The SMILES string of the molecule is C[C@@]12C[C@@H](c3ccccc3O1)[C@H](C(N)=O)C(=O)N2CCn1cnc2ccccc21. The lowest BCUT2D eigenvalue weighted by atomic mass is 9.73. The normalized spacial score (nSPS) is 25.6. The zero-order valence-corrected chi connectivity index (χ0v) is 16.1. The number of aromatic nitrogens is 2. The Hall–Kier alpha value is -3.35. The second-order valence-electron chi connectivity index (χ2n) is 7.92. The number of imidazole rings is 1. The van der Waals surface area contributed by atoms with Crippen molar-refractivity contribution >= 4 is 22.8 Å². The second kappa shape index (κ2) is 6.34. The number of primary amides is 1. The van der Waals surface area contributed by atoms with E-state index in [0.29, 0.717) is 25.3 Å². The van der Waals surface area contributed by atoms with Gasteiger partial charge in [-0.3, -0.25) is 9.59 Å². The van der Waals surface area contributed by atoms with E-state index in [-0.39, 0.29) is 11.8 Å². The van der Waals surface area contributed by atoms with Gasteiger partial charge in [0.2, 0.25) is 11.8 Å². The maximum absolute atomic E-state index is 13.3. The number of benzene rings is 2. The van der Waals surface area contributed by atoms with Gasteiger partial charge in [0, 0.05) is 25.4 Å². The molecular weight excluding hydrogens is 368 g/mol. The van der Waals surface area contributed by atoms with Crippen LogP contribution in [-0.2, 0) is 16.1 Å². The molecule has 3 aromatic rings. The molecule has 1 aromatic heterocycles. The summed E-state index contributed by atoms with van der Waals surface area (Å²) >= 11 is 0. The van der Waals surface area contributed by atoms with Gasteiger partial charge in [-0.1, -0.05) is 30.3 Å². The minimum atomic E-state index is -0.882. The van der Waals surface area contributed by atoms with Gasteiger partial charge in [0.25, 0.3) is 0 Å². The number of nitrogens with zero attached hydrogens (tertiary/aromatic N) is 3. The van der Waals surface area contributed by atoms with Gasteiger partial charge in [0.05, 0.1) is 17.4 Å². The summed E-state index contributed by atoms with van der Waals surface area (Å²) in [6.45, 7) is 2.86. The monoisotopic (exact) mass is 390 g/mol. The highest BCUT2D eigenvalue weighted by atomic mass is 16.5. The number of carbonyl (C=O) groups is 2. The van der Waals surface area contributed by atoms with E-state index in [0.717, 1.165) is 16.6 Å². The number of fused-ring (bicyclic) bond motifs is 5. The summed E-state index contributed by atoms with van der Waals surface area (Å²) in [6.07, 6.45) is 2.31. The number of hydrogen-bond acceptors (Lipinski definition) is 4. The Labute approximate surface area is 168 Å². The lowest BCUT2D eigenvalue weighted by Crippen LogP contribution is -2.65. The molecule has 2 aliphatic heterocycles. The first-order chi connectivity index (χ1) is 14.0. The number of carbonyl (C=O) groups excluding carboxylic acids is 2. The van der Waals surface area contributed by atoms with Crippen LogP contribution in [0, 0.1) is 5.92 Å². The van der Waals surface area contributed by atoms with E-state index in [4.69, 9.17) is 10.5 Å². The molecule has 2 N–H and O–H groups in total. The molecule has 0 unspecified atom stereocenters. The van der Waals surface area contributed by atoms with E-state index in [1.807, 2.05) is 60.0 Å². The van der Waals surface area contributed by atoms with Gasteiger partial charge in [-0.25, -0.2) is 4.98 Å². The van der Waals surface area contributed by atoms with Crippen molar-refractivity contribution < 1.29 is 14.3 Å². The summed E-state index contributed by atoms with van der Waals surface area (Å²) in [7, 11) is 0. The number of likely N-dealkylation sites (tertiary alicyclic amines) is 1. The molecule has 2 bridgehead atoms. The molecule has 1 saturated heterocycles. The fourth-order valence-corrected chi connectivity index (χ4v) is 4.78. The maximum atomic E-state index is 13.3. The second-order valence-corrected chi connectivity index (χ2v) is 7.92. The van der Waals surface area contributed by atoms with Gasteiger partial charge in [-0.05, 0) is 30.7 Å². The topological polar surface area (TPSA) is 90.5 Å². The highest BCUT2D eigenvalue weighted by molar-refractivity contribution is 6.01. The van der Waals surface area contributed by atoms with E-state index in [2.05, 4.69) is 4.98 Å². The van der Waals surface area contributed by atoms with Crippen LogP contribution in [0.5, 0.6) is 5.75 Å². The van der Waals surface area contributed by atoms with Crippen molar-refractivity contribution in [2.24, 2.45) is 11.7 Å². The molecule has 7 nitrogen and oxygen atoms in total. The predicted octanol–water partition coefficient (Wildman–Crippen LogP) is 2.26.